The van der Waals surface area contributed by atoms with E-state index in [1.807, 2.05) is 18.2 Å². The molecule has 0 fully saturated rings. The van der Waals surface area contributed by atoms with E-state index in [4.69, 9.17) is 0 Å². The van der Waals surface area contributed by atoms with Crippen LogP contribution in [0.2, 0.25) is 0 Å². The van der Waals surface area contributed by atoms with Crippen molar-refractivity contribution in [3.63, 3.8) is 0 Å². The molecule has 0 aliphatic carbocycles. The van der Waals surface area contributed by atoms with Gasteiger partial charge in [0.2, 0.25) is 0 Å². The van der Waals surface area contributed by atoms with Crippen molar-refractivity contribution in [3.8, 4) is 0 Å². The summed E-state index contributed by atoms with van der Waals surface area (Å²) in [6.45, 7) is 0.846. The van der Waals surface area contributed by atoms with Gasteiger partial charge in [0, 0.05) is 18.0 Å². The number of hydrogen-bond acceptors (Lipinski definition) is 4. The second-order valence-corrected chi connectivity index (χ2v) is 3.09. The highest BCUT2D eigenvalue weighted by atomic mass is 16.5. The molecule has 1 aromatic heterocycles. The molecule has 0 aliphatic rings. The van der Waals surface area contributed by atoms with Gasteiger partial charge in [0.25, 0.3) is 6.47 Å². The maximum Gasteiger partial charge on any atom is 0.293 e. The van der Waals surface area contributed by atoms with E-state index in [1.165, 1.54) is 6.33 Å². The van der Waals surface area contributed by atoms with Crippen molar-refractivity contribution < 1.29 is 9.53 Å². The van der Waals surface area contributed by atoms with Gasteiger partial charge in [-0.1, -0.05) is 12.1 Å². The summed E-state index contributed by atoms with van der Waals surface area (Å²) in [4.78, 5) is 18.1. The van der Waals surface area contributed by atoms with Crippen molar-refractivity contribution in [1.29, 1.82) is 0 Å². The van der Waals surface area contributed by atoms with Crippen molar-refractivity contribution in [2.24, 2.45) is 0 Å². The Morgan fingerprint density at radius 3 is 3.20 bits per heavy atom. The third kappa shape index (κ3) is 2.10. The summed E-state index contributed by atoms with van der Waals surface area (Å²) >= 11 is 0. The Hall–Kier alpha value is -1.97. The van der Waals surface area contributed by atoms with Crippen LogP contribution < -0.4 is 0 Å². The molecule has 0 saturated carbocycles. The summed E-state index contributed by atoms with van der Waals surface area (Å²) in [6, 6.07) is 5.85. The quantitative estimate of drug-likeness (QED) is 0.554. The van der Waals surface area contributed by atoms with E-state index in [1.54, 1.807) is 6.20 Å². The molecule has 2 rings (SSSR count). The molecule has 0 bridgehead atoms. The monoisotopic (exact) mass is 202 g/mol. The van der Waals surface area contributed by atoms with Crippen molar-refractivity contribution in [3.05, 3.63) is 36.3 Å². The molecule has 2 aromatic rings. The predicted molar refractivity (Wildman–Crippen MR) is 55.3 cm³/mol. The molecule has 0 unspecified atom stereocenters. The van der Waals surface area contributed by atoms with Crippen LogP contribution in [0.15, 0.2) is 30.7 Å². The second kappa shape index (κ2) is 4.50. The van der Waals surface area contributed by atoms with Crippen molar-refractivity contribution in [1.82, 2.24) is 9.97 Å². The van der Waals surface area contributed by atoms with Gasteiger partial charge in [-0.15, -0.1) is 0 Å². The predicted octanol–water partition coefficient (Wildman–Crippen LogP) is 1.35. The molecule has 0 atom stereocenters. The molecule has 4 nitrogen and oxygen atoms in total. The molecule has 1 aromatic carbocycles. The van der Waals surface area contributed by atoms with Gasteiger partial charge in [0.05, 0.1) is 12.1 Å². The third-order valence-corrected chi connectivity index (χ3v) is 2.20. The molecular formula is C11H10N2O2. The Bertz CT molecular complexity index is 466. The average molecular weight is 202 g/mol. The lowest BCUT2D eigenvalue weighted by atomic mass is 10.1. The number of ether oxygens (including phenoxy) is 1. The molecule has 0 saturated heterocycles. The van der Waals surface area contributed by atoms with Gasteiger partial charge < -0.3 is 4.74 Å². The van der Waals surface area contributed by atoms with E-state index >= 15 is 0 Å². The zero-order valence-electron chi connectivity index (χ0n) is 8.09. The summed E-state index contributed by atoms with van der Waals surface area (Å²) in [7, 11) is 0. The zero-order valence-corrected chi connectivity index (χ0v) is 8.09. The van der Waals surface area contributed by atoms with Crippen LogP contribution in [0.5, 0.6) is 0 Å². The van der Waals surface area contributed by atoms with Crippen LogP contribution in [0.3, 0.4) is 0 Å². The molecule has 0 aliphatic heterocycles. The highest BCUT2D eigenvalue weighted by Gasteiger charge is 2.01. The minimum Gasteiger partial charge on any atom is -0.468 e. The van der Waals surface area contributed by atoms with Crippen LogP contribution >= 0.6 is 0 Å². The topological polar surface area (TPSA) is 52.1 Å². The maximum absolute atomic E-state index is 10.0. The first-order valence-electron chi connectivity index (χ1n) is 4.64. The highest BCUT2D eigenvalue weighted by Crippen LogP contribution is 2.15. The van der Waals surface area contributed by atoms with Gasteiger partial charge in [-0.25, -0.2) is 9.97 Å². The Balaban J connectivity index is 2.30. The third-order valence-electron chi connectivity index (χ3n) is 2.20. The first-order chi connectivity index (χ1) is 7.42. The number of carbonyl (C=O) groups is 1. The number of carbonyl (C=O) groups excluding carboxylic acids is 1. The SMILES string of the molecule is O=COCCc1cccc2ncncc12. The minimum absolute atomic E-state index is 0.386. The van der Waals surface area contributed by atoms with E-state index in [2.05, 4.69) is 14.7 Å². The minimum atomic E-state index is 0.386. The number of benzene rings is 1. The number of aromatic nitrogens is 2. The lowest BCUT2D eigenvalue weighted by Crippen LogP contribution is -1.97. The number of nitrogens with zero attached hydrogens (tertiary/aromatic N) is 2. The molecule has 0 N–H and O–H groups in total. The molecular weight excluding hydrogens is 192 g/mol. The van der Waals surface area contributed by atoms with Gasteiger partial charge in [-0.3, -0.25) is 4.79 Å². The van der Waals surface area contributed by atoms with Crippen LogP contribution in [0.25, 0.3) is 10.9 Å². The first-order valence-corrected chi connectivity index (χ1v) is 4.64. The van der Waals surface area contributed by atoms with Crippen LogP contribution in [-0.4, -0.2) is 23.0 Å². The lowest BCUT2D eigenvalue weighted by Gasteiger charge is -2.04. The van der Waals surface area contributed by atoms with Crippen molar-refractivity contribution >= 4 is 17.4 Å². The van der Waals surface area contributed by atoms with E-state index in [0.29, 0.717) is 19.5 Å². The fourth-order valence-corrected chi connectivity index (χ4v) is 1.50. The van der Waals surface area contributed by atoms with E-state index in [0.717, 1.165) is 16.5 Å². The molecule has 0 amide bonds. The van der Waals surface area contributed by atoms with E-state index in [9.17, 15) is 4.79 Å². The van der Waals surface area contributed by atoms with Gasteiger partial charge in [-0.05, 0) is 11.6 Å². The molecule has 76 valence electrons. The van der Waals surface area contributed by atoms with Crippen LogP contribution in [-0.2, 0) is 16.0 Å². The molecule has 4 heteroatoms. The first kappa shape index (κ1) is 9.58. The summed E-state index contributed by atoms with van der Waals surface area (Å²) in [5.41, 5.74) is 2.00. The summed E-state index contributed by atoms with van der Waals surface area (Å²) in [5, 5.41) is 1.01. The fourth-order valence-electron chi connectivity index (χ4n) is 1.50. The van der Waals surface area contributed by atoms with Gasteiger partial charge in [-0.2, -0.15) is 0 Å². The van der Waals surface area contributed by atoms with Gasteiger partial charge >= 0.3 is 0 Å². The average Bonchev–Trinajstić information content (AvgIpc) is 2.30. The molecule has 0 spiro atoms. The Morgan fingerprint density at radius 2 is 2.33 bits per heavy atom. The number of hydrogen-bond donors (Lipinski definition) is 0. The zero-order chi connectivity index (χ0) is 10.5. The highest BCUT2D eigenvalue weighted by molar-refractivity contribution is 5.81. The van der Waals surface area contributed by atoms with Crippen LogP contribution in [0.1, 0.15) is 5.56 Å². The molecule has 0 radical (unpaired) electrons. The summed E-state index contributed by atoms with van der Waals surface area (Å²) < 4.78 is 4.66. The molecule has 15 heavy (non-hydrogen) atoms. The summed E-state index contributed by atoms with van der Waals surface area (Å²) in [5.74, 6) is 0. The number of rotatable bonds is 4. The second-order valence-electron chi connectivity index (χ2n) is 3.09. The van der Waals surface area contributed by atoms with Gasteiger partial charge in [0.1, 0.15) is 6.33 Å². The van der Waals surface area contributed by atoms with Gasteiger partial charge in [0.15, 0.2) is 0 Å². The smallest absolute Gasteiger partial charge is 0.293 e. The maximum atomic E-state index is 10.0. The Labute approximate surface area is 86.9 Å². The van der Waals surface area contributed by atoms with E-state index in [-0.39, 0.29) is 0 Å². The summed E-state index contributed by atoms with van der Waals surface area (Å²) in [6.07, 6.45) is 3.98. The largest absolute Gasteiger partial charge is 0.468 e. The fraction of sp³-hybridized carbons (Fsp3) is 0.182. The normalized spacial score (nSPS) is 10.1. The van der Waals surface area contributed by atoms with Crippen molar-refractivity contribution in [2.45, 2.75) is 6.42 Å². The van der Waals surface area contributed by atoms with E-state index < -0.39 is 0 Å². The Kier molecular flexibility index (Phi) is 2.88. The number of fused-ring (bicyclic) bond motifs is 1. The van der Waals surface area contributed by atoms with Crippen molar-refractivity contribution in [2.75, 3.05) is 6.61 Å². The van der Waals surface area contributed by atoms with Crippen LogP contribution in [0.4, 0.5) is 0 Å². The lowest BCUT2D eigenvalue weighted by molar-refractivity contribution is -0.128. The molecule has 1 heterocycles. The standard InChI is InChI=1S/C11H10N2O2/c14-8-15-5-4-9-2-1-3-11-10(9)6-12-7-13-11/h1-3,6-8H,4-5H2. The Morgan fingerprint density at radius 1 is 1.40 bits per heavy atom. The van der Waals surface area contributed by atoms with Crippen LogP contribution in [0, 0.1) is 0 Å².